The van der Waals surface area contributed by atoms with Crippen molar-refractivity contribution < 1.29 is 33.3 Å². The van der Waals surface area contributed by atoms with Crippen LogP contribution in [0.15, 0.2) is 78.9 Å². The van der Waals surface area contributed by atoms with E-state index >= 15 is 0 Å². The highest BCUT2D eigenvalue weighted by molar-refractivity contribution is 5.89. The molecule has 0 N–H and O–H groups in total. The Kier molecular flexibility index (Phi) is 10.0. The van der Waals surface area contributed by atoms with E-state index in [1.807, 2.05) is 30.3 Å². The minimum absolute atomic E-state index is 0.0737. The van der Waals surface area contributed by atoms with E-state index in [0.717, 1.165) is 16.7 Å². The van der Waals surface area contributed by atoms with E-state index in [9.17, 15) is 14.4 Å². The molecule has 184 valence electrons. The molecule has 0 spiro atoms. The Labute approximate surface area is 205 Å². The van der Waals surface area contributed by atoms with Crippen molar-refractivity contribution in [3.05, 3.63) is 84.5 Å². The van der Waals surface area contributed by atoms with E-state index in [1.165, 1.54) is 0 Å². The van der Waals surface area contributed by atoms with Crippen LogP contribution in [0.5, 0.6) is 11.5 Å². The first-order valence-electron chi connectivity index (χ1n) is 11.0. The van der Waals surface area contributed by atoms with Gasteiger partial charge >= 0.3 is 17.9 Å². The lowest BCUT2D eigenvalue weighted by molar-refractivity contribution is -0.140. The minimum Gasteiger partial charge on any atom is -0.490 e. The number of benzene rings is 2. The third kappa shape index (κ3) is 8.97. The predicted octanol–water partition coefficient (Wildman–Crippen LogP) is 5.00. The molecule has 2 rings (SSSR count). The summed E-state index contributed by atoms with van der Waals surface area (Å²) in [6.07, 6.45) is 0.460. The molecular weight excluding hydrogens is 448 g/mol. The molecule has 0 aliphatic carbocycles. The Morgan fingerprint density at radius 1 is 0.657 bits per heavy atom. The molecule has 0 aliphatic rings. The highest BCUT2D eigenvalue weighted by Crippen LogP contribution is 2.28. The maximum absolute atomic E-state index is 11.7. The third-order valence-corrected chi connectivity index (χ3v) is 4.62. The van der Waals surface area contributed by atoms with Crippen LogP contribution in [0.3, 0.4) is 0 Å². The van der Waals surface area contributed by atoms with Gasteiger partial charge in [-0.1, -0.05) is 37.9 Å². The average Bonchev–Trinajstić information content (AvgIpc) is 2.81. The lowest BCUT2D eigenvalue weighted by Gasteiger charge is -2.13. The smallest absolute Gasteiger partial charge is 0.338 e. The van der Waals surface area contributed by atoms with Gasteiger partial charge in [-0.3, -0.25) is 0 Å². The van der Waals surface area contributed by atoms with Gasteiger partial charge in [0.15, 0.2) is 0 Å². The van der Waals surface area contributed by atoms with Crippen LogP contribution in [0, 0.1) is 0 Å². The highest BCUT2D eigenvalue weighted by atomic mass is 16.6. The van der Waals surface area contributed by atoms with Gasteiger partial charge in [0.1, 0.15) is 24.7 Å². The molecule has 0 bridgehead atoms. The standard InChI is InChI=1S/C28H30O7/c1-18(2)26(29)33-12-11-21-15-23(17-25(16-21)32-13-14-34-27(30)19(3)4)22-7-9-24(10-8-22)35-28(31)20(5)6/h7-10,15-17H,1,3,5,11-14H2,2,4,6H3. The fraction of sp³-hybridized carbons (Fsp3) is 0.250. The zero-order valence-electron chi connectivity index (χ0n) is 20.3. The van der Waals surface area contributed by atoms with Crippen molar-refractivity contribution in [3.8, 4) is 22.6 Å². The van der Waals surface area contributed by atoms with Gasteiger partial charge in [0.25, 0.3) is 0 Å². The molecule has 0 fully saturated rings. The Balaban J connectivity index is 2.18. The molecule has 0 saturated heterocycles. The van der Waals surface area contributed by atoms with Crippen LogP contribution in [0.25, 0.3) is 11.1 Å². The molecular formula is C28H30O7. The van der Waals surface area contributed by atoms with Gasteiger partial charge in [-0.25, -0.2) is 14.4 Å². The molecule has 0 atom stereocenters. The van der Waals surface area contributed by atoms with Gasteiger partial charge in [0, 0.05) is 23.1 Å². The number of carbonyl (C=O) groups is 3. The van der Waals surface area contributed by atoms with Crippen molar-refractivity contribution in [1.29, 1.82) is 0 Å². The van der Waals surface area contributed by atoms with E-state index in [-0.39, 0.29) is 19.8 Å². The predicted molar refractivity (Wildman–Crippen MR) is 133 cm³/mol. The Hall–Kier alpha value is -4.13. The van der Waals surface area contributed by atoms with Gasteiger partial charge in [0.05, 0.1) is 6.61 Å². The average molecular weight is 479 g/mol. The first-order chi connectivity index (χ1) is 16.6. The molecule has 2 aromatic carbocycles. The van der Waals surface area contributed by atoms with Crippen molar-refractivity contribution in [2.75, 3.05) is 19.8 Å². The fourth-order valence-corrected chi connectivity index (χ4v) is 2.77. The topological polar surface area (TPSA) is 88.1 Å². The van der Waals surface area contributed by atoms with Crippen LogP contribution in [-0.2, 0) is 30.3 Å². The monoisotopic (exact) mass is 478 g/mol. The zero-order chi connectivity index (χ0) is 26.0. The molecule has 7 nitrogen and oxygen atoms in total. The van der Waals surface area contributed by atoms with Gasteiger partial charge in [-0.05, 0) is 61.7 Å². The summed E-state index contributed by atoms with van der Waals surface area (Å²) in [4.78, 5) is 35.0. The number of hydrogen-bond donors (Lipinski definition) is 0. The number of hydrogen-bond acceptors (Lipinski definition) is 7. The summed E-state index contributed by atoms with van der Waals surface area (Å²) in [6.45, 7) is 15.8. The maximum atomic E-state index is 11.7. The van der Waals surface area contributed by atoms with Crippen LogP contribution in [0.1, 0.15) is 26.3 Å². The first-order valence-corrected chi connectivity index (χ1v) is 11.0. The van der Waals surface area contributed by atoms with Gasteiger partial charge < -0.3 is 18.9 Å². The highest BCUT2D eigenvalue weighted by Gasteiger charge is 2.10. The van der Waals surface area contributed by atoms with Crippen LogP contribution < -0.4 is 9.47 Å². The zero-order valence-corrected chi connectivity index (χ0v) is 20.3. The van der Waals surface area contributed by atoms with Crippen LogP contribution in [0.4, 0.5) is 0 Å². The van der Waals surface area contributed by atoms with Crippen LogP contribution >= 0.6 is 0 Å². The largest absolute Gasteiger partial charge is 0.490 e. The molecule has 0 aliphatic heterocycles. The van der Waals surface area contributed by atoms with Crippen molar-refractivity contribution in [1.82, 2.24) is 0 Å². The molecule has 0 unspecified atom stereocenters. The Bertz CT molecular complexity index is 1130. The summed E-state index contributed by atoms with van der Waals surface area (Å²) in [7, 11) is 0. The second-order valence-corrected chi connectivity index (χ2v) is 7.99. The molecule has 0 radical (unpaired) electrons. The summed E-state index contributed by atoms with van der Waals surface area (Å²) in [5.41, 5.74) is 3.55. The van der Waals surface area contributed by atoms with Crippen molar-refractivity contribution in [2.24, 2.45) is 0 Å². The number of esters is 3. The van der Waals surface area contributed by atoms with Gasteiger partial charge in [0.2, 0.25) is 0 Å². The van der Waals surface area contributed by atoms with Crippen molar-refractivity contribution in [2.45, 2.75) is 27.2 Å². The molecule has 2 aromatic rings. The second kappa shape index (κ2) is 12.9. The van der Waals surface area contributed by atoms with Crippen molar-refractivity contribution >= 4 is 17.9 Å². The van der Waals surface area contributed by atoms with Gasteiger partial charge in [-0.15, -0.1) is 0 Å². The minimum atomic E-state index is -0.493. The van der Waals surface area contributed by atoms with E-state index in [1.54, 1.807) is 32.9 Å². The number of carbonyl (C=O) groups excluding carboxylic acids is 3. The number of ether oxygens (including phenoxy) is 4. The third-order valence-electron chi connectivity index (χ3n) is 4.62. The van der Waals surface area contributed by atoms with Crippen LogP contribution in [-0.4, -0.2) is 37.7 Å². The summed E-state index contributed by atoms with van der Waals surface area (Å²) < 4.78 is 21.3. The van der Waals surface area contributed by atoms with E-state index in [0.29, 0.717) is 34.6 Å². The second-order valence-electron chi connectivity index (χ2n) is 7.99. The molecule has 0 aromatic heterocycles. The summed E-state index contributed by atoms with van der Waals surface area (Å²) >= 11 is 0. The van der Waals surface area contributed by atoms with Crippen LogP contribution in [0.2, 0.25) is 0 Å². The molecule has 0 saturated carbocycles. The van der Waals surface area contributed by atoms with Gasteiger partial charge in [-0.2, -0.15) is 0 Å². The maximum Gasteiger partial charge on any atom is 0.338 e. The van der Waals surface area contributed by atoms with E-state index < -0.39 is 17.9 Å². The molecule has 35 heavy (non-hydrogen) atoms. The van der Waals surface area contributed by atoms with Crippen molar-refractivity contribution in [3.63, 3.8) is 0 Å². The normalized spacial score (nSPS) is 10.1. The van der Waals surface area contributed by atoms with E-state index in [4.69, 9.17) is 18.9 Å². The first kappa shape index (κ1) is 27.1. The molecule has 0 heterocycles. The lowest BCUT2D eigenvalue weighted by atomic mass is 10.0. The molecule has 0 amide bonds. The number of rotatable bonds is 12. The summed E-state index contributed by atoms with van der Waals surface area (Å²) in [6, 6.07) is 12.7. The fourth-order valence-electron chi connectivity index (χ4n) is 2.77. The SMILES string of the molecule is C=C(C)C(=O)OCCOc1cc(CCOC(=O)C(=C)C)cc(-c2ccc(OC(=O)C(=C)C)cc2)c1. The summed E-state index contributed by atoms with van der Waals surface area (Å²) in [5, 5.41) is 0. The molecule has 7 heteroatoms. The Morgan fingerprint density at radius 3 is 1.80 bits per heavy atom. The lowest BCUT2D eigenvalue weighted by Crippen LogP contribution is -2.12. The summed E-state index contributed by atoms with van der Waals surface area (Å²) in [5.74, 6) is -0.452. The quantitative estimate of drug-likeness (QED) is 0.184. The Morgan fingerprint density at radius 2 is 1.23 bits per heavy atom. The van der Waals surface area contributed by atoms with E-state index in [2.05, 4.69) is 19.7 Å².